The molecule has 2 rings (SSSR count). The molecule has 0 spiro atoms. The van der Waals surface area contributed by atoms with Gasteiger partial charge < -0.3 is 15.4 Å². The number of likely N-dealkylation sites (N-methyl/N-ethyl adjacent to an activating group) is 1. The summed E-state index contributed by atoms with van der Waals surface area (Å²) < 4.78 is 4.68. The zero-order valence-electron chi connectivity index (χ0n) is 15.6. The number of thiophene rings is 1. The lowest BCUT2D eigenvalue weighted by Crippen LogP contribution is -2.36. The van der Waals surface area contributed by atoms with E-state index < -0.39 is 5.97 Å². The van der Waals surface area contributed by atoms with Crippen molar-refractivity contribution in [3.63, 3.8) is 0 Å². The Bertz CT molecular complexity index is 819. The summed E-state index contributed by atoms with van der Waals surface area (Å²) in [5, 5.41) is 7.24. The van der Waals surface area contributed by atoms with Crippen LogP contribution < -0.4 is 10.6 Å². The summed E-state index contributed by atoms with van der Waals surface area (Å²) in [6, 6.07) is 9.26. The van der Waals surface area contributed by atoms with Crippen LogP contribution >= 0.6 is 11.3 Å². The van der Waals surface area contributed by atoms with Crippen LogP contribution in [0.1, 0.15) is 22.2 Å². The minimum absolute atomic E-state index is 0.0132. The minimum Gasteiger partial charge on any atom is -0.465 e. The molecule has 1 aromatic carbocycles. The zero-order valence-corrected chi connectivity index (χ0v) is 16.4. The SMILES string of the molecule is CCc1ccccc1NC(=O)CN(C)CC(=O)Nc1ccsc1C(=O)OC. The highest BCUT2D eigenvalue weighted by Crippen LogP contribution is 2.23. The molecule has 2 amide bonds. The number of para-hydroxylation sites is 1. The predicted molar refractivity (Wildman–Crippen MR) is 106 cm³/mol. The van der Waals surface area contributed by atoms with Crippen LogP contribution in [-0.4, -0.2) is 49.9 Å². The number of esters is 1. The molecule has 0 aliphatic rings. The van der Waals surface area contributed by atoms with E-state index in [0.29, 0.717) is 10.6 Å². The van der Waals surface area contributed by atoms with E-state index in [4.69, 9.17) is 0 Å². The van der Waals surface area contributed by atoms with E-state index in [1.54, 1.807) is 23.4 Å². The van der Waals surface area contributed by atoms with Crippen molar-refractivity contribution in [2.45, 2.75) is 13.3 Å². The van der Waals surface area contributed by atoms with Gasteiger partial charge in [-0.2, -0.15) is 0 Å². The molecule has 144 valence electrons. The summed E-state index contributed by atoms with van der Waals surface area (Å²) in [5.41, 5.74) is 2.24. The highest BCUT2D eigenvalue weighted by atomic mass is 32.1. The molecule has 1 heterocycles. The monoisotopic (exact) mass is 389 g/mol. The Morgan fingerprint density at radius 1 is 1.04 bits per heavy atom. The van der Waals surface area contributed by atoms with Crippen molar-refractivity contribution >= 4 is 40.5 Å². The van der Waals surface area contributed by atoms with E-state index in [-0.39, 0.29) is 24.9 Å². The lowest BCUT2D eigenvalue weighted by molar-refractivity contribution is -0.119. The summed E-state index contributed by atoms with van der Waals surface area (Å²) in [6.07, 6.45) is 0.817. The van der Waals surface area contributed by atoms with Crippen molar-refractivity contribution in [3.05, 3.63) is 46.2 Å². The molecule has 27 heavy (non-hydrogen) atoms. The van der Waals surface area contributed by atoms with Gasteiger partial charge in [0.05, 0.1) is 25.9 Å². The quantitative estimate of drug-likeness (QED) is 0.678. The fraction of sp³-hybridized carbons (Fsp3) is 0.316. The molecule has 7 nitrogen and oxygen atoms in total. The first-order valence-electron chi connectivity index (χ1n) is 8.46. The number of carbonyl (C=O) groups is 3. The van der Waals surface area contributed by atoms with Crippen LogP contribution in [0.15, 0.2) is 35.7 Å². The van der Waals surface area contributed by atoms with Crippen molar-refractivity contribution in [1.82, 2.24) is 4.90 Å². The lowest BCUT2D eigenvalue weighted by atomic mass is 10.1. The second-order valence-corrected chi connectivity index (χ2v) is 6.85. The van der Waals surface area contributed by atoms with E-state index in [9.17, 15) is 14.4 Å². The molecule has 2 N–H and O–H groups in total. The first-order chi connectivity index (χ1) is 12.9. The Morgan fingerprint density at radius 2 is 1.67 bits per heavy atom. The number of amides is 2. The molecule has 0 saturated carbocycles. The number of nitrogens with zero attached hydrogens (tertiary/aromatic N) is 1. The van der Waals surface area contributed by atoms with Crippen molar-refractivity contribution in [3.8, 4) is 0 Å². The number of ether oxygens (including phenoxy) is 1. The Balaban J connectivity index is 1.87. The van der Waals surface area contributed by atoms with Crippen LogP contribution in [0.5, 0.6) is 0 Å². The molecule has 2 aromatic rings. The van der Waals surface area contributed by atoms with Gasteiger partial charge >= 0.3 is 5.97 Å². The first kappa shape index (κ1) is 20.6. The van der Waals surface area contributed by atoms with Crippen molar-refractivity contribution < 1.29 is 19.1 Å². The zero-order chi connectivity index (χ0) is 19.8. The Labute approximate surface area is 162 Å². The highest BCUT2D eigenvalue weighted by molar-refractivity contribution is 7.12. The maximum absolute atomic E-state index is 12.2. The van der Waals surface area contributed by atoms with Gasteiger partial charge in [-0.05, 0) is 36.5 Å². The Morgan fingerprint density at radius 3 is 2.30 bits per heavy atom. The summed E-state index contributed by atoms with van der Waals surface area (Å²) in [4.78, 5) is 38.0. The molecule has 0 bridgehead atoms. The molecule has 0 aliphatic heterocycles. The van der Waals surface area contributed by atoms with Crippen molar-refractivity contribution in [2.75, 3.05) is 37.9 Å². The average Bonchev–Trinajstić information content (AvgIpc) is 3.09. The fourth-order valence-electron chi connectivity index (χ4n) is 2.53. The van der Waals surface area contributed by atoms with Crippen molar-refractivity contribution in [1.29, 1.82) is 0 Å². The van der Waals surface area contributed by atoms with E-state index in [1.807, 2.05) is 31.2 Å². The van der Waals surface area contributed by atoms with E-state index in [1.165, 1.54) is 18.4 Å². The normalized spacial score (nSPS) is 10.5. The molecule has 0 atom stereocenters. The van der Waals surface area contributed by atoms with Gasteiger partial charge in [-0.3, -0.25) is 14.5 Å². The number of rotatable bonds is 8. The standard InChI is InChI=1S/C19H23N3O4S/c1-4-13-7-5-6-8-14(13)20-16(23)11-22(2)12-17(24)21-15-9-10-27-18(15)19(25)26-3/h5-10H,4,11-12H2,1-3H3,(H,20,23)(H,21,24). The Hall–Kier alpha value is -2.71. The van der Waals surface area contributed by atoms with E-state index >= 15 is 0 Å². The second kappa shape index (κ2) is 9.84. The lowest BCUT2D eigenvalue weighted by Gasteiger charge is -2.17. The van der Waals surface area contributed by atoms with E-state index in [2.05, 4.69) is 15.4 Å². The molecular weight excluding hydrogens is 366 g/mol. The highest BCUT2D eigenvalue weighted by Gasteiger charge is 2.17. The smallest absolute Gasteiger partial charge is 0.350 e. The number of aryl methyl sites for hydroxylation is 1. The van der Waals surface area contributed by atoms with Crippen LogP contribution in [0.2, 0.25) is 0 Å². The molecule has 0 fully saturated rings. The number of benzene rings is 1. The number of nitrogens with one attached hydrogen (secondary N) is 2. The third-order valence-electron chi connectivity index (χ3n) is 3.81. The van der Waals surface area contributed by atoms with Gasteiger partial charge in [-0.25, -0.2) is 4.79 Å². The van der Waals surface area contributed by atoms with Crippen LogP contribution in [0, 0.1) is 0 Å². The third-order valence-corrected chi connectivity index (χ3v) is 4.70. The summed E-state index contributed by atoms with van der Waals surface area (Å²) >= 11 is 1.19. The second-order valence-electron chi connectivity index (χ2n) is 5.93. The van der Waals surface area contributed by atoms with E-state index in [0.717, 1.165) is 17.7 Å². The maximum atomic E-state index is 12.2. The predicted octanol–water partition coefficient (Wildman–Crippen LogP) is 2.61. The van der Waals surface area contributed by atoms with Gasteiger partial charge in [0.1, 0.15) is 4.88 Å². The van der Waals surface area contributed by atoms with Gasteiger partial charge in [-0.1, -0.05) is 25.1 Å². The van der Waals surface area contributed by atoms with Crippen LogP contribution in [0.4, 0.5) is 11.4 Å². The number of hydrogen-bond acceptors (Lipinski definition) is 6. The topological polar surface area (TPSA) is 87.7 Å². The summed E-state index contributed by atoms with van der Waals surface area (Å²) in [6.45, 7) is 2.10. The van der Waals surface area contributed by atoms with Crippen LogP contribution in [0.3, 0.4) is 0 Å². The van der Waals surface area contributed by atoms with Gasteiger partial charge in [0, 0.05) is 5.69 Å². The summed E-state index contributed by atoms with van der Waals surface area (Å²) in [7, 11) is 2.97. The number of anilines is 2. The van der Waals surface area contributed by atoms with Crippen molar-refractivity contribution in [2.24, 2.45) is 0 Å². The first-order valence-corrected chi connectivity index (χ1v) is 9.34. The average molecular weight is 389 g/mol. The van der Waals surface area contributed by atoms with Gasteiger partial charge in [0.15, 0.2) is 0 Å². The van der Waals surface area contributed by atoms with Gasteiger partial charge in [-0.15, -0.1) is 11.3 Å². The molecule has 0 aliphatic carbocycles. The van der Waals surface area contributed by atoms with Gasteiger partial charge in [0.2, 0.25) is 11.8 Å². The molecular formula is C19H23N3O4S. The molecule has 0 saturated heterocycles. The van der Waals surface area contributed by atoms with Gasteiger partial charge in [0.25, 0.3) is 0 Å². The number of methoxy groups -OCH3 is 1. The third kappa shape index (κ3) is 5.90. The molecule has 0 unspecified atom stereocenters. The minimum atomic E-state index is -0.498. The van der Waals surface area contributed by atoms with Crippen LogP contribution in [0.25, 0.3) is 0 Å². The largest absolute Gasteiger partial charge is 0.465 e. The number of hydrogen-bond donors (Lipinski definition) is 2. The maximum Gasteiger partial charge on any atom is 0.350 e. The Kier molecular flexibility index (Phi) is 7.51. The summed E-state index contributed by atoms with van der Waals surface area (Å²) in [5.74, 6) is -1.01. The fourth-order valence-corrected chi connectivity index (χ4v) is 3.30. The number of carbonyl (C=O) groups excluding carboxylic acids is 3. The molecule has 8 heteroatoms. The molecule has 0 radical (unpaired) electrons. The molecule has 1 aromatic heterocycles. The van der Waals surface area contributed by atoms with Crippen LogP contribution in [-0.2, 0) is 20.7 Å².